The third-order valence-electron chi connectivity index (χ3n) is 9.32. The molecule has 3 aromatic rings. The van der Waals surface area contributed by atoms with Gasteiger partial charge in [0.1, 0.15) is 5.75 Å². The number of esters is 1. The number of para-hydroxylation sites is 1. The summed E-state index contributed by atoms with van der Waals surface area (Å²) in [6.45, 7) is 10.2. The molecule has 0 aliphatic carbocycles. The van der Waals surface area contributed by atoms with Crippen LogP contribution in [0.4, 0.5) is 0 Å². The molecule has 44 heavy (non-hydrogen) atoms. The van der Waals surface area contributed by atoms with Crippen molar-refractivity contribution in [1.29, 1.82) is 0 Å². The minimum atomic E-state index is -0.354. The molecule has 0 atom stereocenters. The maximum atomic E-state index is 13.2. The highest BCUT2D eigenvalue weighted by molar-refractivity contribution is 5.96. The van der Waals surface area contributed by atoms with Crippen LogP contribution in [0, 0.1) is 12.8 Å². The van der Waals surface area contributed by atoms with E-state index in [4.69, 9.17) is 9.47 Å². The summed E-state index contributed by atoms with van der Waals surface area (Å²) in [5.41, 5.74) is 7.38. The molecule has 3 aromatic carbocycles. The van der Waals surface area contributed by atoms with Crippen molar-refractivity contribution >= 4 is 11.8 Å². The van der Waals surface area contributed by atoms with Crippen LogP contribution < -0.4 is 4.74 Å². The quantitative estimate of drug-likeness (QED) is 0.160. The molecule has 0 saturated carbocycles. The largest absolute Gasteiger partial charge is 0.482 e. The monoisotopic (exact) mass is 596 g/mol. The number of hydrogen-bond acceptors (Lipinski definition) is 6. The van der Waals surface area contributed by atoms with E-state index >= 15 is 0 Å². The fourth-order valence-electron chi connectivity index (χ4n) is 6.62. The first kappa shape index (κ1) is 31.9. The minimum Gasteiger partial charge on any atom is -0.482 e. The van der Waals surface area contributed by atoms with Gasteiger partial charge in [-0.25, -0.2) is 4.79 Å². The number of carbonyl (C=O) groups excluding carboxylic acids is 2. The summed E-state index contributed by atoms with van der Waals surface area (Å²) in [5.74, 6) is 1.38. The Kier molecular flexibility index (Phi) is 11.6. The number of fused-ring (bicyclic) bond motifs is 1. The molecule has 0 N–H and O–H groups in total. The number of nitrogens with zero attached hydrogens (tertiary/aromatic N) is 2. The summed E-state index contributed by atoms with van der Waals surface area (Å²) < 4.78 is 10.8. The number of rotatable bonds is 13. The molecule has 6 heteroatoms. The van der Waals surface area contributed by atoms with Crippen molar-refractivity contribution in [3.8, 4) is 5.75 Å². The number of ether oxygens (including phenoxy) is 2. The lowest BCUT2D eigenvalue weighted by Crippen LogP contribution is -2.33. The molecular weight excluding hydrogens is 548 g/mol. The third-order valence-corrected chi connectivity index (χ3v) is 9.32. The maximum Gasteiger partial charge on any atom is 0.344 e. The Bertz CT molecular complexity index is 1400. The molecule has 0 unspecified atom stereocenters. The predicted molar refractivity (Wildman–Crippen MR) is 175 cm³/mol. The van der Waals surface area contributed by atoms with Crippen molar-refractivity contribution in [2.24, 2.45) is 5.92 Å². The Balaban J connectivity index is 1.06. The Labute approximate surface area is 263 Å². The summed E-state index contributed by atoms with van der Waals surface area (Å²) in [6, 6.07) is 23.0. The van der Waals surface area contributed by atoms with Gasteiger partial charge in [-0.2, -0.15) is 0 Å². The van der Waals surface area contributed by atoms with Crippen LogP contribution in [0.5, 0.6) is 5.75 Å². The first-order valence-electron chi connectivity index (χ1n) is 16.5. The molecule has 0 spiro atoms. The van der Waals surface area contributed by atoms with Gasteiger partial charge in [-0.1, -0.05) is 54.6 Å². The lowest BCUT2D eigenvalue weighted by molar-refractivity contribution is -0.145. The first-order chi connectivity index (χ1) is 21.5. The topological polar surface area (TPSA) is 59.1 Å². The molecule has 0 bridgehead atoms. The van der Waals surface area contributed by atoms with Gasteiger partial charge in [-0.05, 0) is 106 Å². The fourth-order valence-corrected chi connectivity index (χ4v) is 6.62. The van der Waals surface area contributed by atoms with E-state index in [-0.39, 0.29) is 18.4 Å². The van der Waals surface area contributed by atoms with Crippen LogP contribution in [0.3, 0.4) is 0 Å². The second-order valence-corrected chi connectivity index (χ2v) is 12.4. The highest BCUT2D eigenvalue weighted by Gasteiger charge is 2.21. The van der Waals surface area contributed by atoms with Gasteiger partial charge >= 0.3 is 5.97 Å². The van der Waals surface area contributed by atoms with E-state index in [1.807, 2.05) is 24.3 Å². The van der Waals surface area contributed by atoms with Crippen LogP contribution in [-0.2, 0) is 35.5 Å². The number of hydrogen-bond donors (Lipinski definition) is 0. The lowest BCUT2D eigenvalue weighted by atomic mass is 9.90. The Morgan fingerprint density at radius 3 is 2.27 bits per heavy atom. The number of piperidine rings is 1. The molecule has 2 heterocycles. The minimum absolute atomic E-state index is 0.0825. The number of carbonyl (C=O) groups is 2. The van der Waals surface area contributed by atoms with Gasteiger partial charge in [0.2, 0.25) is 0 Å². The fraction of sp³-hybridized carbons (Fsp3) is 0.474. The van der Waals surface area contributed by atoms with E-state index in [1.54, 1.807) is 6.92 Å². The summed E-state index contributed by atoms with van der Waals surface area (Å²) in [5, 5.41) is 0. The zero-order valence-corrected chi connectivity index (χ0v) is 26.6. The normalized spacial score (nSPS) is 16.2. The zero-order chi connectivity index (χ0) is 30.7. The second kappa shape index (κ2) is 16.0. The highest BCUT2D eigenvalue weighted by Crippen LogP contribution is 2.26. The molecule has 5 rings (SSSR count). The Morgan fingerprint density at radius 1 is 0.818 bits per heavy atom. The Hall–Kier alpha value is -3.48. The average molecular weight is 597 g/mol. The number of Topliss-reactive ketones (excluding diaryl/α,β-unsaturated/α-hetero) is 1. The molecule has 1 fully saturated rings. The number of benzene rings is 3. The molecular formula is C38H48N2O4. The smallest absolute Gasteiger partial charge is 0.344 e. The summed E-state index contributed by atoms with van der Waals surface area (Å²) in [4.78, 5) is 30.0. The predicted octanol–water partition coefficient (Wildman–Crippen LogP) is 6.80. The van der Waals surface area contributed by atoms with E-state index in [0.29, 0.717) is 13.0 Å². The lowest BCUT2D eigenvalue weighted by Gasteiger charge is -2.32. The van der Waals surface area contributed by atoms with Gasteiger partial charge in [0.05, 0.1) is 6.61 Å². The van der Waals surface area contributed by atoms with Crippen LogP contribution in [0.25, 0.3) is 0 Å². The van der Waals surface area contributed by atoms with Crippen molar-refractivity contribution in [3.63, 3.8) is 0 Å². The van der Waals surface area contributed by atoms with Gasteiger partial charge in [0.25, 0.3) is 0 Å². The molecule has 234 valence electrons. The zero-order valence-electron chi connectivity index (χ0n) is 26.6. The number of aryl methyl sites for hydroxylation is 1. The van der Waals surface area contributed by atoms with Crippen molar-refractivity contribution in [2.45, 2.75) is 71.9 Å². The van der Waals surface area contributed by atoms with Crippen molar-refractivity contribution in [1.82, 2.24) is 9.80 Å². The van der Waals surface area contributed by atoms with Gasteiger partial charge in [0.15, 0.2) is 12.4 Å². The third kappa shape index (κ3) is 9.02. The van der Waals surface area contributed by atoms with E-state index in [1.165, 1.54) is 35.1 Å². The van der Waals surface area contributed by atoms with E-state index in [9.17, 15) is 9.59 Å². The SMILES string of the molecule is CCOC(=O)COc1ccccc1CN1CCc2ccc(C(=O)CCCC3CCN(Cc4ccccc4C)CC3)cc2CC1. The molecule has 2 aliphatic heterocycles. The second-order valence-electron chi connectivity index (χ2n) is 12.4. The van der Waals surface area contributed by atoms with Crippen LogP contribution in [0.15, 0.2) is 66.7 Å². The number of ketones is 1. The Morgan fingerprint density at radius 2 is 1.50 bits per heavy atom. The van der Waals surface area contributed by atoms with Crippen molar-refractivity contribution < 1.29 is 19.1 Å². The molecule has 0 amide bonds. The van der Waals surface area contributed by atoms with Crippen molar-refractivity contribution in [3.05, 3.63) is 100 Å². The maximum absolute atomic E-state index is 13.2. The van der Waals surface area contributed by atoms with Crippen LogP contribution in [0.2, 0.25) is 0 Å². The summed E-state index contributed by atoms with van der Waals surface area (Å²) >= 11 is 0. The van der Waals surface area contributed by atoms with E-state index in [0.717, 1.165) is 87.7 Å². The molecule has 1 saturated heterocycles. The molecule has 2 aliphatic rings. The van der Waals surface area contributed by atoms with Crippen LogP contribution in [-0.4, -0.2) is 60.9 Å². The van der Waals surface area contributed by atoms with Gasteiger partial charge in [-0.3, -0.25) is 14.6 Å². The standard InChI is InChI=1S/C38H48N2O4/c1-3-43-38(42)28-44-37-14-7-6-12-35(37)27-40-23-19-31-15-16-33(25-32(31)20-24-40)36(41)13-8-10-30-17-21-39(22-18-30)26-34-11-5-4-9-29(34)2/h4-7,9,11-12,14-16,25,30H,3,8,10,13,17-24,26-28H2,1-2H3. The highest BCUT2D eigenvalue weighted by atomic mass is 16.6. The van der Waals surface area contributed by atoms with Gasteiger partial charge in [-0.15, -0.1) is 0 Å². The van der Waals surface area contributed by atoms with E-state index < -0.39 is 0 Å². The van der Waals surface area contributed by atoms with Crippen LogP contribution in [0.1, 0.15) is 77.2 Å². The van der Waals surface area contributed by atoms with Crippen molar-refractivity contribution in [2.75, 3.05) is 39.4 Å². The first-order valence-corrected chi connectivity index (χ1v) is 16.5. The van der Waals surface area contributed by atoms with Gasteiger partial charge in [0, 0.05) is 43.7 Å². The summed E-state index contributed by atoms with van der Waals surface area (Å²) in [6.07, 6.45) is 7.10. The molecule has 6 nitrogen and oxygen atoms in total. The van der Waals surface area contributed by atoms with E-state index in [2.05, 4.69) is 59.2 Å². The molecule has 0 radical (unpaired) electrons. The molecule has 0 aromatic heterocycles. The number of likely N-dealkylation sites (tertiary alicyclic amines) is 1. The summed E-state index contributed by atoms with van der Waals surface area (Å²) in [7, 11) is 0. The van der Waals surface area contributed by atoms with Crippen LogP contribution >= 0.6 is 0 Å². The van der Waals surface area contributed by atoms with Gasteiger partial charge < -0.3 is 9.47 Å². The average Bonchev–Trinajstić information content (AvgIpc) is 3.24.